The standard InChI is InChI=1S/C20H25N7O2.CH4/c21-12-15-17(22)24-13-25-18(15)27-9-7-20(23,8-10-27)19(29)26-16(6-11-28)14-4-2-1-3-5-14;/h1-5,13,16,28H,6-11,23H2,(H,26,29)(H2,22,24,25);1H4/t16-;/m0./s1. The molecule has 1 amide bonds. The van der Waals surface area contributed by atoms with E-state index in [1.807, 2.05) is 41.3 Å². The molecule has 1 atom stereocenters. The van der Waals surface area contributed by atoms with Gasteiger partial charge in [0.2, 0.25) is 5.91 Å². The fraction of sp³-hybridized carbons (Fsp3) is 0.429. The van der Waals surface area contributed by atoms with E-state index in [4.69, 9.17) is 11.5 Å². The number of hydrogen-bond acceptors (Lipinski definition) is 8. The molecule has 160 valence electrons. The second kappa shape index (κ2) is 10.0. The number of carbonyl (C=O) groups is 1. The first-order valence-electron chi connectivity index (χ1n) is 9.49. The number of aliphatic hydroxyl groups excluding tert-OH is 1. The van der Waals surface area contributed by atoms with Crippen LogP contribution in [0.25, 0.3) is 0 Å². The molecule has 0 bridgehead atoms. The van der Waals surface area contributed by atoms with Crippen molar-refractivity contribution in [1.29, 1.82) is 5.26 Å². The molecule has 1 aromatic carbocycles. The summed E-state index contributed by atoms with van der Waals surface area (Å²) in [4.78, 5) is 22.9. The molecule has 9 nitrogen and oxygen atoms in total. The van der Waals surface area contributed by atoms with Gasteiger partial charge in [-0.1, -0.05) is 37.8 Å². The fourth-order valence-corrected chi connectivity index (χ4v) is 3.52. The number of rotatable bonds is 6. The third kappa shape index (κ3) is 4.84. The van der Waals surface area contributed by atoms with Gasteiger partial charge >= 0.3 is 0 Å². The van der Waals surface area contributed by atoms with Crippen LogP contribution in [-0.4, -0.2) is 46.2 Å². The van der Waals surface area contributed by atoms with Gasteiger partial charge in [0.25, 0.3) is 0 Å². The average Bonchev–Trinajstić information content (AvgIpc) is 2.74. The Morgan fingerprint density at radius 3 is 2.57 bits per heavy atom. The number of hydrogen-bond donors (Lipinski definition) is 4. The van der Waals surface area contributed by atoms with E-state index in [-0.39, 0.29) is 37.4 Å². The van der Waals surface area contributed by atoms with Crippen molar-refractivity contribution in [3.8, 4) is 6.07 Å². The summed E-state index contributed by atoms with van der Waals surface area (Å²) >= 11 is 0. The lowest BCUT2D eigenvalue weighted by Gasteiger charge is -2.39. The van der Waals surface area contributed by atoms with E-state index in [1.165, 1.54) is 6.33 Å². The van der Waals surface area contributed by atoms with Crippen molar-refractivity contribution in [2.45, 2.75) is 38.3 Å². The topological polar surface area (TPSA) is 154 Å². The summed E-state index contributed by atoms with van der Waals surface area (Å²) < 4.78 is 0. The molecular formula is C21H29N7O2. The SMILES string of the molecule is C.N#Cc1c(N)ncnc1N1CCC(N)(C(=O)N[C@@H](CCO)c2ccccc2)CC1. The minimum atomic E-state index is -1.04. The fourth-order valence-electron chi connectivity index (χ4n) is 3.52. The van der Waals surface area contributed by atoms with Crippen LogP contribution in [0.15, 0.2) is 36.7 Å². The lowest BCUT2D eigenvalue weighted by molar-refractivity contribution is -0.128. The van der Waals surface area contributed by atoms with E-state index in [2.05, 4.69) is 15.3 Å². The summed E-state index contributed by atoms with van der Waals surface area (Å²) in [5.41, 5.74) is 12.3. The highest BCUT2D eigenvalue weighted by Crippen LogP contribution is 2.28. The molecule has 2 aromatic rings. The molecule has 3 rings (SSSR count). The smallest absolute Gasteiger partial charge is 0.240 e. The number of piperidine rings is 1. The molecule has 0 radical (unpaired) electrons. The Hall–Kier alpha value is -3.22. The second-order valence-corrected chi connectivity index (χ2v) is 7.16. The number of anilines is 2. The van der Waals surface area contributed by atoms with Gasteiger partial charge in [-0.15, -0.1) is 0 Å². The van der Waals surface area contributed by atoms with Gasteiger partial charge in [0.1, 0.15) is 23.8 Å². The van der Waals surface area contributed by atoms with Crippen molar-refractivity contribution >= 4 is 17.5 Å². The first-order chi connectivity index (χ1) is 14.0. The van der Waals surface area contributed by atoms with E-state index < -0.39 is 5.54 Å². The summed E-state index contributed by atoms with van der Waals surface area (Å²) in [7, 11) is 0. The van der Waals surface area contributed by atoms with E-state index in [1.54, 1.807) is 0 Å². The Morgan fingerprint density at radius 1 is 1.30 bits per heavy atom. The third-order valence-electron chi connectivity index (χ3n) is 5.30. The minimum absolute atomic E-state index is 0. The van der Waals surface area contributed by atoms with E-state index in [0.29, 0.717) is 38.2 Å². The normalized spacial score (nSPS) is 16.1. The molecule has 9 heteroatoms. The zero-order valence-electron chi connectivity index (χ0n) is 16.1. The number of nitrogens with one attached hydrogen (secondary N) is 1. The molecule has 1 aliphatic heterocycles. The van der Waals surface area contributed by atoms with Crippen LogP contribution >= 0.6 is 0 Å². The number of nitrogens with zero attached hydrogens (tertiary/aromatic N) is 4. The van der Waals surface area contributed by atoms with Crippen LogP contribution in [-0.2, 0) is 4.79 Å². The number of benzene rings is 1. The zero-order valence-corrected chi connectivity index (χ0v) is 16.1. The minimum Gasteiger partial charge on any atom is -0.396 e. The van der Waals surface area contributed by atoms with Crippen LogP contribution in [0.3, 0.4) is 0 Å². The van der Waals surface area contributed by atoms with E-state index in [9.17, 15) is 15.2 Å². The highest BCUT2D eigenvalue weighted by Gasteiger charge is 2.39. The van der Waals surface area contributed by atoms with Crippen molar-refractivity contribution in [2.24, 2.45) is 5.73 Å². The molecule has 2 heterocycles. The number of nitrogens with two attached hydrogens (primary N) is 2. The molecule has 0 aliphatic carbocycles. The summed E-state index contributed by atoms with van der Waals surface area (Å²) in [6.45, 7) is 0.882. The van der Waals surface area contributed by atoms with Gasteiger partial charge in [0, 0.05) is 19.7 Å². The van der Waals surface area contributed by atoms with Crippen molar-refractivity contribution in [3.63, 3.8) is 0 Å². The molecule has 6 N–H and O–H groups in total. The molecule has 1 fully saturated rings. The van der Waals surface area contributed by atoms with Gasteiger partial charge in [-0.25, -0.2) is 9.97 Å². The Balaban J connectivity index is 0.00000320. The highest BCUT2D eigenvalue weighted by atomic mass is 16.3. The van der Waals surface area contributed by atoms with E-state index in [0.717, 1.165) is 5.56 Å². The molecule has 1 aliphatic rings. The Kier molecular flexibility index (Phi) is 7.69. The van der Waals surface area contributed by atoms with Gasteiger partial charge in [-0.3, -0.25) is 4.79 Å². The number of aromatic nitrogens is 2. The molecule has 0 unspecified atom stereocenters. The predicted octanol–water partition coefficient (Wildman–Crippen LogP) is 1.10. The van der Waals surface area contributed by atoms with Crippen molar-refractivity contribution in [1.82, 2.24) is 15.3 Å². The summed E-state index contributed by atoms with van der Waals surface area (Å²) in [6, 6.07) is 11.2. The Morgan fingerprint density at radius 2 is 1.97 bits per heavy atom. The van der Waals surface area contributed by atoms with Crippen LogP contribution < -0.4 is 21.7 Å². The number of nitriles is 1. The van der Waals surface area contributed by atoms with Crippen LogP contribution in [0.2, 0.25) is 0 Å². The largest absolute Gasteiger partial charge is 0.396 e. The maximum atomic E-state index is 13.0. The van der Waals surface area contributed by atoms with Gasteiger partial charge in [-0.05, 0) is 24.8 Å². The Bertz CT molecular complexity index is 890. The Labute approximate surface area is 176 Å². The van der Waals surface area contributed by atoms with Gasteiger partial charge in [0.05, 0.1) is 11.6 Å². The monoisotopic (exact) mass is 411 g/mol. The number of aliphatic hydroxyl groups is 1. The maximum Gasteiger partial charge on any atom is 0.240 e. The zero-order chi connectivity index (χ0) is 20.9. The molecule has 30 heavy (non-hydrogen) atoms. The van der Waals surface area contributed by atoms with Crippen LogP contribution in [0.1, 0.15) is 43.9 Å². The van der Waals surface area contributed by atoms with Gasteiger partial charge in [0.15, 0.2) is 5.82 Å². The van der Waals surface area contributed by atoms with Crippen LogP contribution in [0.4, 0.5) is 11.6 Å². The van der Waals surface area contributed by atoms with Crippen molar-refractivity contribution < 1.29 is 9.90 Å². The van der Waals surface area contributed by atoms with Crippen LogP contribution in [0, 0.1) is 11.3 Å². The summed E-state index contributed by atoms with van der Waals surface area (Å²) in [5.74, 6) is 0.349. The molecule has 1 saturated heterocycles. The highest BCUT2D eigenvalue weighted by molar-refractivity contribution is 5.87. The van der Waals surface area contributed by atoms with Crippen molar-refractivity contribution in [3.05, 3.63) is 47.8 Å². The molecule has 0 saturated carbocycles. The quantitative estimate of drug-likeness (QED) is 0.551. The number of amides is 1. The van der Waals surface area contributed by atoms with Gasteiger partial charge in [-0.2, -0.15) is 5.26 Å². The molecule has 0 spiro atoms. The lowest BCUT2D eigenvalue weighted by atomic mass is 9.87. The average molecular weight is 412 g/mol. The predicted molar refractivity (Wildman–Crippen MR) is 115 cm³/mol. The van der Waals surface area contributed by atoms with E-state index >= 15 is 0 Å². The third-order valence-corrected chi connectivity index (χ3v) is 5.30. The molecule has 1 aromatic heterocycles. The second-order valence-electron chi connectivity index (χ2n) is 7.16. The van der Waals surface area contributed by atoms with Crippen LogP contribution in [0.5, 0.6) is 0 Å². The first kappa shape index (κ1) is 23.1. The maximum absolute atomic E-state index is 13.0. The summed E-state index contributed by atoms with van der Waals surface area (Å²) in [6.07, 6.45) is 2.52. The van der Waals surface area contributed by atoms with Gasteiger partial charge < -0.3 is 26.8 Å². The van der Waals surface area contributed by atoms with Crippen molar-refractivity contribution in [2.75, 3.05) is 30.3 Å². The number of nitrogen functional groups attached to an aromatic ring is 1. The molecular weight excluding hydrogens is 382 g/mol. The first-order valence-corrected chi connectivity index (χ1v) is 9.49. The number of carbonyl (C=O) groups excluding carboxylic acids is 1. The summed E-state index contributed by atoms with van der Waals surface area (Å²) in [5, 5.41) is 21.7. The lowest BCUT2D eigenvalue weighted by Crippen LogP contribution is -2.60.